The fourth-order valence-corrected chi connectivity index (χ4v) is 2.37. The van der Waals surface area contributed by atoms with Gasteiger partial charge in [0.05, 0.1) is 6.61 Å². The highest BCUT2D eigenvalue weighted by molar-refractivity contribution is 8.00. The van der Waals surface area contributed by atoms with Gasteiger partial charge in [0.1, 0.15) is 10.9 Å². The van der Waals surface area contributed by atoms with Gasteiger partial charge in [0.2, 0.25) is 0 Å². The molecular formula is C13H15N3O3S. The van der Waals surface area contributed by atoms with E-state index in [1.165, 1.54) is 4.40 Å². The number of aromatic nitrogens is 3. The maximum absolute atomic E-state index is 11.9. The maximum Gasteiger partial charge on any atom is 0.355 e. The van der Waals surface area contributed by atoms with Gasteiger partial charge in [-0.2, -0.15) is 4.98 Å². The minimum atomic E-state index is -0.457. The van der Waals surface area contributed by atoms with Crippen molar-refractivity contribution in [1.29, 1.82) is 0 Å². The van der Waals surface area contributed by atoms with Gasteiger partial charge in [-0.25, -0.2) is 9.78 Å². The third-order valence-corrected chi connectivity index (χ3v) is 3.54. The summed E-state index contributed by atoms with van der Waals surface area (Å²) in [5.41, 5.74) is 1.11. The van der Waals surface area contributed by atoms with Gasteiger partial charge in [0.25, 0.3) is 0 Å². The number of hydrogen-bond donors (Lipinski definition) is 0. The maximum atomic E-state index is 11.9. The largest absolute Gasteiger partial charge is 0.465 e. The summed E-state index contributed by atoms with van der Waals surface area (Å²) >= 11 is 1.12. The molecule has 20 heavy (non-hydrogen) atoms. The van der Waals surface area contributed by atoms with Crippen LogP contribution in [-0.2, 0) is 9.53 Å². The third kappa shape index (κ3) is 3.16. The van der Waals surface area contributed by atoms with Crippen molar-refractivity contribution >= 4 is 23.4 Å². The van der Waals surface area contributed by atoms with Crippen molar-refractivity contribution in [3.8, 4) is 0 Å². The lowest BCUT2D eigenvalue weighted by atomic mass is 10.3. The Balaban J connectivity index is 2.31. The number of aryl methyl sites for hydroxylation is 1. The Morgan fingerprint density at radius 1 is 1.50 bits per heavy atom. The molecule has 0 saturated heterocycles. The molecule has 2 rings (SSSR count). The van der Waals surface area contributed by atoms with Gasteiger partial charge in [0.15, 0.2) is 5.16 Å². The molecule has 0 amide bonds. The number of ether oxygens (including phenoxy) is 1. The Morgan fingerprint density at radius 3 is 2.95 bits per heavy atom. The van der Waals surface area contributed by atoms with Crippen LogP contribution in [0.1, 0.15) is 19.4 Å². The van der Waals surface area contributed by atoms with Gasteiger partial charge in [-0.05, 0) is 38.5 Å². The van der Waals surface area contributed by atoms with Gasteiger partial charge in [-0.3, -0.25) is 9.20 Å². The summed E-state index contributed by atoms with van der Waals surface area (Å²) in [5.74, 6) is -0.342. The van der Waals surface area contributed by atoms with E-state index < -0.39 is 10.9 Å². The van der Waals surface area contributed by atoms with Crippen LogP contribution in [0.15, 0.2) is 28.3 Å². The highest BCUT2D eigenvalue weighted by atomic mass is 32.2. The standard InChI is InChI=1S/C13H15N3O3S/c1-4-19-11(17)9(3)20-12-14-10-7-8(2)5-6-16(10)13(18)15-12/h5-7,9H,4H2,1-3H3/t9-/m1/s1. The first-order valence-electron chi connectivity index (χ1n) is 6.21. The molecule has 0 bridgehead atoms. The third-order valence-electron chi connectivity index (χ3n) is 2.60. The van der Waals surface area contributed by atoms with Crippen LogP contribution < -0.4 is 5.69 Å². The predicted molar refractivity (Wildman–Crippen MR) is 75.9 cm³/mol. The monoisotopic (exact) mass is 293 g/mol. The SMILES string of the molecule is CCOC(=O)[C@@H](C)Sc1nc(=O)n2ccc(C)cc2n1. The summed E-state index contributed by atoms with van der Waals surface area (Å²) in [4.78, 5) is 31.6. The normalized spacial score (nSPS) is 12.3. The lowest BCUT2D eigenvalue weighted by Gasteiger charge is -2.09. The summed E-state index contributed by atoms with van der Waals surface area (Å²) in [6.07, 6.45) is 1.64. The molecule has 0 unspecified atom stereocenters. The Kier molecular flexibility index (Phi) is 4.39. The molecule has 2 aromatic heterocycles. The van der Waals surface area contributed by atoms with Crippen LogP contribution in [0.25, 0.3) is 5.65 Å². The fourth-order valence-electron chi connectivity index (χ4n) is 1.61. The Bertz CT molecular complexity index is 699. The highest BCUT2D eigenvalue weighted by Gasteiger charge is 2.17. The van der Waals surface area contributed by atoms with Crippen LogP contribution in [0.5, 0.6) is 0 Å². The molecule has 0 aliphatic carbocycles. The zero-order valence-corrected chi connectivity index (χ0v) is 12.3. The second-order valence-electron chi connectivity index (χ2n) is 4.23. The van der Waals surface area contributed by atoms with Crippen LogP contribution in [0.4, 0.5) is 0 Å². The molecule has 0 radical (unpaired) electrons. The van der Waals surface area contributed by atoms with E-state index in [0.29, 0.717) is 12.3 Å². The average molecular weight is 293 g/mol. The van der Waals surface area contributed by atoms with E-state index >= 15 is 0 Å². The fraction of sp³-hybridized carbons (Fsp3) is 0.385. The number of thioether (sulfide) groups is 1. The van der Waals surface area contributed by atoms with E-state index in [0.717, 1.165) is 17.3 Å². The first-order chi connectivity index (χ1) is 9.51. The molecule has 0 aromatic carbocycles. The number of carbonyl (C=O) groups is 1. The minimum absolute atomic E-state index is 0.279. The molecule has 0 N–H and O–H groups in total. The van der Waals surface area contributed by atoms with Crippen LogP contribution in [0.2, 0.25) is 0 Å². The molecule has 6 nitrogen and oxygen atoms in total. The minimum Gasteiger partial charge on any atom is -0.465 e. The lowest BCUT2D eigenvalue weighted by molar-refractivity contribution is -0.142. The lowest BCUT2D eigenvalue weighted by Crippen LogP contribution is -2.21. The molecule has 106 valence electrons. The van der Waals surface area contributed by atoms with Gasteiger partial charge in [0, 0.05) is 6.20 Å². The van der Waals surface area contributed by atoms with Gasteiger partial charge in [-0.15, -0.1) is 0 Å². The number of pyridine rings is 1. The Labute approximate surface area is 120 Å². The second-order valence-corrected chi connectivity index (χ2v) is 5.54. The van der Waals surface area contributed by atoms with Crippen LogP contribution in [0, 0.1) is 6.92 Å². The van der Waals surface area contributed by atoms with E-state index in [1.54, 1.807) is 26.1 Å². The highest BCUT2D eigenvalue weighted by Crippen LogP contribution is 2.19. The second kappa shape index (κ2) is 6.04. The van der Waals surface area contributed by atoms with Crippen LogP contribution in [0.3, 0.4) is 0 Å². The van der Waals surface area contributed by atoms with Crippen LogP contribution in [-0.4, -0.2) is 32.2 Å². The van der Waals surface area contributed by atoms with Gasteiger partial charge >= 0.3 is 11.7 Å². The summed E-state index contributed by atoms with van der Waals surface area (Å²) < 4.78 is 6.28. The van der Waals surface area contributed by atoms with E-state index in [1.807, 2.05) is 13.0 Å². The van der Waals surface area contributed by atoms with Crippen molar-refractivity contribution in [3.63, 3.8) is 0 Å². The Hall–Kier alpha value is -1.89. The number of nitrogens with zero attached hydrogens (tertiary/aromatic N) is 3. The summed E-state index contributed by atoms with van der Waals surface area (Å²) in [5, 5.41) is -0.178. The first-order valence-corrected chi connectivity index (χ1v) is 7.09. The van der Waals surface area contributed by atoms with E-state index in [9.17, 15) is 9.59 Å². The molecule has 0 saturated carbocycles. The summed E-state index contributed by atoms with van der Waals surface area (Å²) in [7, 11) is 0. The molecule has 0 aliphatic rings. The summed E-state index contributed by atoms with van der Waals surface area (Å²) in [6, 6.07) is 3.61. The molecule has 0 aliphatic heterocycles. The molecule has 0 spiro atoms. The number of esters is 1. The molecule has 1 atom stereocenters. The predicted octanol–water partition coefficient (Wildman–Crippen LogP) is 1.44. The van der Waals surface area contributed by atoms with Gasteiger partial charge < -0.3 is 4.74 Å². The number of hydrogen-bond acceptors (Lipinski definition) is 6. The van der Waals surface area contributed by atoms with Crippen molar-refractivity contribution in [2.45, 2.75) is 31.2 Å². The molecule has 2 heterocycles. The van der Waals surface area contributed by atoms with Gasteiger partial charge in [-0.1, -0.05) is 11.8 Å². The zero-order valence-electron chi connectivity index (χ0n) is 11.5. The summed E-state index contributed by atoms with van der Waals surface area (Å²) in [6.45, 7) is 5.69. The van der Waals surface area contributed by atoms with Crippen molar-refractivity contribution in [2.24, 2.45) is 0 Å². The Morgan fingerprint density at radius 2 is 2.25 bits per heavy atom. The van der Waals surface area contributed by atoms with Crippen LogP contribution >= 0.6 is 11.8 Å². The van der Waals surface area contributed by atoms with E-state index in [-0.39, 0.29) is 11.1 Å². The number of carbonyl (C=O) groups excluding carboxylic acids is 1. The molecule has 0 fully saturated rings. The van der Waals surface area contributed by atoms with Crippen molar-refractivity contribution in [2.75, 3.05) is 6.61 Å². The molecular weight excluding hydrogens is 278 g/mol. The van der Waals surface area contributed by atoms with Crippen molar-refractivity contribution in [3.05, 3.63) is 34.4 Å². The van der Waals surface area contributed by atoms with E-state index in [2.05, 4.69) is 9.97 Å². The van der Waals surface area contributed by atoms with Crippen molar-refractivity contribution < 1.29 is 9.53 Å². The topological polar surface area (TPSA) is 73.6 Å². The average Bonchev–Trinajstić information content (AvgIpc) is 2.38. The molecule has 2 aromatic rings. The number of fused-ring (bicyclic) bond motifs is 1. The molecule has 7 heteroatoms. The zero-order chi connectivity index (χ0) is 14.7. The first kappa shape index (κ1) is 14.5. The van der Waals surface area contributed by atoms with Crippen molar-refractivity contribution in [1.82, 2.24) is 14.4 Å². The van der Waals surface area contributed by atoms with E-state index in [4.69, 9.17) is 4.74 Å². The number of rotatable bonds is 4. The quantitative estimate of drug-likeness (QED) is 0.627. The smallest absolute Gasteiger partial charge is 0.355 e.